The average molecular weight is 331 g/mol. The van der Waals surface area contributed by atoms with Gasteiger partial charge in [0.1, 0.15) is 0 Å². The van der Waals surface area contributed by atoms with Gasteiger partial charge in [0.2, 0.25) is 0 Å². The first kappa shape index (κ1) is 16.2. The number of piperidine rings is 1. The average Bonchev–Trinajstić information content (AvgIpc) is 2.26. The van der Waals surface area contributed by atoms with Crippen molar-refractivity contribution in [2.75, 3.05) is 38.6 Å². The highest BCUT2D eigenvalue weighted by Gasteiger charge is 2.30. The van der Waals surface area contributed by atoms with Gasteiger partial charge in [-0.3, -0.25) is 4.90 Å². The molecule has 0 bridgehead atoms. The fraction of sp³-hybridized carbons (Fsp3) is 1.00. The highest BCUT2D eigenvalue weighted by Crippen LogP contribution is 2.20. The first-order chi connectivity index (χ1) is 8.42. The summed E-state index contributed by atoms with van der Waals surface area (Å²) in [6.45, 7) is 1.26. The molecular formula is C12H22BrF3N2. The largest absolute Gasteiger partial charge is 0.401 e. The molecule has 0 saturated carbocycles. The molecule has 1 aliphatic rings. The van der Waals surface area contributed by atoms with Crippen LogP contribution in [0.4, 0.5) is 13.2 Å². The standard InChI is InChI=1S/C12H22BrF3N2/c1-17-7-3-2-4-11(17)5-8-18(9-6-13)10-12(14,15)16/h11H,2-10H2,1H3. The van der Waals surface area contributed by atoms with Crippen molar-refractivity contribution in [3.8, 4) is 0 Å². The molecule has 0 aromatic rings. The van der Waals surface area contributed by atoms with Gasteiger partial charge < -0.3 is 4.90 Å². The summed E-state index contributed by atoms with van der Waals surface area (Å²) in [6, 6.07) is 0.449. The molecule has 18 heavy (non-hydrogen) atoms. The van der Waals surface area contributed by atoms with Gasteiger partial charge in [0.25, 0.3) is 0 Å². The molecule has 108 valence electrons. The van der Waals surface area contributed by atoms with Crippen LogP contribution in [0.2, 0.25) is 0 Å². The second-order valence-corrected chi connectivity index (χ2v) is 5.79. The Morgan fingerprint density at radius 3 is 2.56 bits per heavy atom. The van der Waals surface area contributed by atoms with Crippen molar-refractivity contribution in [2.24, 2.45) is 0 Å². The van der Waals surface area contributed by atoms with E-state index in [-0.39, 0.29) is 0 Å². The Morgan fingerprint density at radius 2 is 2.00 bits per heavy atom. The Kier molecular flexibility index (Phi) is 6.95. The Hall–Kier alpha value is 0.190. The lowest BCUT2D eigenvalue weighted by Crippen LogP contribution is -2.41. The lowest BCUT2D eigenvalue weighted by molar-refractivity contribution is -0.145. The minimum atomic E-state index is -4.10. The van der Waals surface area contributed by atoms with E-state index in [4.69, 9.17) is 0 Å². The van der Waals surface area contributed by atoms with E-state index < -0.39 is 12.7 Å². The van der Waals surface area contributed by atoms with E-state index in [1.165, 1.54) is 17.7 Å². The second-order valence-electron chi connectivity index (χ2n) is 5.00. The van der Waals surface area contributed by atoms with Crippen molar-refractivity contribution in [3.05, 3.63) is 0 Å². The molecule has 1 atom stereocenters. The molecule has 1 rings (SSSR count). The summed E-state index contributed by atoms with van der Waals surface area (Å²) in [5.74, 6) is 0. The molecule has 0 aromatic carbocycles. The maximum Gasteiger partial charge on any atom is 0.401 e. The van der Waals surface area contributed by atoms with E-state index >= 15 is 0 Å². The van der Waals surface area contributed by atoms with Crippen LogP contribution in [0.3, 0.4) is 0 Å². The van der Waals surface area contributed by atoms with Gasteiger partial charge in [-0.1, -0.05) is 22.4 Å². The number of nitrogens with zero attached hydrogens (tertiary/aromatic N) is 2. The molecule has 1 aliphatic heterocycles. The van der Waals surface area contributed by atoms with Gasteiger partial charge >= 0.3 is 6.18 Å². The van der Waals surface area contributed by atoms with Crippen LogP contribution in [-0.4, -0.2) is 60.6 Å². The topological polar surface area (TPSA) is 6.48 Å². The van der Waals surface area contributed by atoms with E-state index in [1.807, 2.05) is 0 Å². The molecule has 1 fully saturated rings. The lowest BCUT2D eigenvalue weighted by Gasteiger charge is -2.34. The van der Waals surface area contributed by atoms with Crippen molar-refractivity contribution in [1.29, 1.82) is 0 Å². The number of rotatable bonds is 6. The third kappa shape index (κ3) is 6.38. The molecule has 0 aliphatic carbocycles. The van der Waals surface area contributed by atoms with Crippen molar-refractivity contribution in [1.82, 2.24) is 9.80 Å². The molecule has 1 saturated heterocycles. The molecular weight excluding hydrogens is 309 g/mol. The molecule has 1 heterocycles. The van der Waals surface area contributed by atoms with Gasteiger partial charge in [0.05, 0.1) is 6.54 Å². The van der Waals surface area contributed by atoms with E-state index in [0.29, 0.717) is 24.5 Å². The third-order valence-electron chi connectivity index (χ3n) is 3.50. The Bertz CT molecular complexity index is 236. The molecule has 1 unspecified atom stereocenters. The zero-order valence-electron chi connectivity index (χ0n) is 10.8. The molecule has 0 aromatic heterocycles. The fourth-order valence-electron chi connectivity index (χ4n) is 2.48. The minimum Gasteiger partial charge on any atom is -0.303 e. The first-order valence-electron chi connectivity index (χ1n) is 6.47. The van der Waals surface area contributed by atoms with E-state index in [1.54, 1.807) is 0 Å². The van der Waals surface area contributed by atoms with Crippen molar-refractivity contribution < 1.29 is 13.2 Å². The third-order valence-corrected chi connectivity index (χ3v) is 3.86. The summed E-state index contributed by atoms with van der Waals surface area (Å²) < 4.78 is 37.2. The van der Waals surface area contributed by atoms with Crippen LogP contribution in [0.1, 0.15) is 25.7 Å². The quantitative estimate of drug-likeness (QED) is 0.690. The van der Waals surface area contributed by atoms with Gasteiger partial charge in [-0.2, -0.15) is 13.2 Å². The molecule has 0 N–H and O–H groups in total. The fourth-order valence-corrected chi connectivity index (χ4v) is 2.98. The van der Waals surface area contributed by atoms with Crippen LogP contribution in [0, 0.1) is 0 Å². The zero-order chi connectivity index (χ0) is 13.6. The maximum absolute atomic E-state index is 12.4. The molecule has 2 nitrogen and oxygen atoms in total. The van der Waals surface area contributed by atoms with Gasteiger partial charge in [-0.05, 0) is 39.4 Å². The van der Waals surface area contributed by atoms with Crippen LogP contribution in [0.25, 0.3) is 0 Å². The Morgan fingerprint density at radius 1 is 1.28 bits per heavy atom. The number of likely N-dealkylation sites (tertiary alicyclic amines) is 1. The summed E-state index contributed by atoms with van der Waals surface area (Å²) in [5, 5.41) is 0.587. The summed E-state index contributed by atoms with van der Waals surface area (Å²) in [5.41, 5.74) is 0. The van der Waals surface area contributed by atoms with Crippen LogP contribution in [0.5, 0.6) is 0 Å². The Labute approximate surface area is 116 Å². The molecule has 6 heteroatoms. The van der Waals surface area contributed by atoms with E-state index in [9.17, 15) is 13.2 Å². The first-order valence-corrected chi connectivity index (χ1v) is 7.60. The monoisotopic (exact) mass is 330 g/mol. The smallest absolute Gasteiger partial charge is 0.303 e. The lowest BCUT2D eigenvalue weighted by atomic mass is 10.00. The summed E-state index contributed by atoms with van der Waals surface area (Å²) >= 11 is 3.22. The van der Waals surface area contributed by atoms with Gasteiger partial charge in [0.15, 0.2) is 0 Å². The van der Waals surface area contributed by atoms with E-state index in [2.05, 4.69) is 27.9 Å². The number of halogens is 4. The number of hydrogen-bond acceptors (Lipinski definition) is 2. The summed E-state index contributed by atoms with van der Waals surface area (Å²) in [7, 11) is 2.07. The van der Waals surface area contributed by atoms with Crippen molar-refractivity contribution in [3.63, 3.8) is 0 Å². The van der Waals surface area contributed by atoms with Crippen LogP contribution >= 0.6 is 15.9 Å². The molecule has 0 spiro atoms. The van der Waals surface area contributed by atoms with Crippen LogP contribution < -0.4 is 0 Å². The maximum atomic E-state index is 12.4. The van der Waals surface area contributed by atoms with E-state index in [0.717, 1.165) is 19.4 Å². The zero-order valence-corrected chi connectivity index (χ0v) is 12.4. The Balaban J connectivity index is 2.36. The minimum absolute atomic E-state index is 0.449. The van der Waals surface area contributed by atoms with Crippen LogP contribution in [-0.2, 0) is 0 Å². The highest BCUT2D eigenvalue weighted by molar-refractivity contribution is 9.09. The van der Waals surface area contributed by atoms with Gasteiger partial charge in [0, 0.05) is 17.9 Å². The summed E-state index contributed by atoms with van der Waals surface area (Å²) in [4.78, 5) is 3.78. The van der Waals surface area contributed by atoms with Gasteiger partial charge in [-0.25, -0.2) is 0 Å². The summed E-state index contributed by atoms with van der Waals surface area (Å²) in [6.07, 6.45) is 0.262. The highest BCUT2D eigenvalue weighted by atomic mass is 79.9. The molecule has 0 amide bonds. The number of alkyl halides is 4. The SMILES string of the molecule is CN1CCCCC1CCN(CCBr)CC(F)(F)F. The van der Waals surface area contributed by atoms with Crippen LogP contribution in [0.15, 0.2) is 0 Å². The normalized spacial score (nSPS) is 22.7. The predicted octanol–water partition coefficient (Wildman–Crippen LogP) is 3.12. The van der Waals surface area contributed by atoms with Gasteiger partial charge in [-0.15, -0.1) is 0 Å². The number of hydrogen-bond donors (Lipinski definition) is 0. The molecule has 0 radical (unpaired) electrons. The predicted molar refractivity (Wildman–Crippen MR) is 71.2 cm³/mol. The van der Waals surface area contributed by atoms with Crippen molar-refractivity contribution >= 4 is 15.9 Å². The van der Waals surface area contributed by atoms with Crippen molar-refractivity contribution in [2.45, 2.75) is 37.9 Å². The second kappa shape index (κ2) is 7.70.